The fourth-order valence-corrected chi connectivity index (χ4v) is 3.82. The maximum atomic E-state index is 9.99. The number of ether oxygens (including phenoxy) is 4. The molecule has 0 bridgehead atoms. The molecule has 2 aromatic heterocycles. The molecule has 0 radical (unpaired) electrons. The van der Waals surface area contributed by atoms with Crippen LogP contribution in [-0.4, -0.2) is 87.5 Å². The van der Waals surface area contributed by atoms with E-state index in [0.29, 0.717) is 61.4 Å². The lowest BCUT2D eigenvalue weighted by Crippen LogP contribution is -2.59. The summed E-state index contributed by atoms with van der Waals surface area (Å²) >= 11 is 0. The number of pyridine rings is 2. The quantitative estimate of drug-likeness (QED) is 0.155. The van der Waals surface area contributed by atoms with Crippen molar-refractivity contribution in [1.82, 2.24) is 9.97 Å². The van der Waals surface area contributed by atoms with Crippen LogP contribution in [0.5, 0.6) is 11.6 Å². The molecule has 0 unspecified atom stereocenters. The van der Waals surface area contributed by atoms with Crippen molar-refractivity contribution in [2.24, 2.45) is 0 Å². The Morgan fingerprint density at radius 3 is 2.40 bits per heavy atom. The Labute approximate surface area is 234 Å². The van der Waals surface area contributed by atoms with Gasteiger partial charge in [0.25, 0.3) is 0 Å². The van der Waals surface area contributed by atoms with Crippen molar-refractivity contribution in [2.75, 3.05) is 26.4 Å². The van der Waals surface area contributed by atoms with Crippen LogP contribution in [0.15, 0.2) is 43.0 Å². The Morgan fingerprint density at radius 1 is 0.900 bits per heavy atom. The summed E-state index contributed by atoms with van der Waals surface area (Å²) in [6.45, 7) is 4.46. The Kier molecular flexibility index (Phi) is 12.9. The minimum Gasteiger partial charge on any atom is -0.493 e. The van der Waals surface area contributed by atoms with Crippen LogP contribution < -0.4 is 9.47 Å². The molecule has 2 aromatic rings. The first-order chi connectivity index (χ1) is 19.4. The number of aliphatic hydroxyl groups is 4. The van der Waals surface area contributed by atoms with E-state index in [1.54, 1.807) is 30.3 Å². The molecule has 0 aromatic carbocycles. The molecule has 40 heavy (non-hydrogen) atoms. The average Bonchev–Trinajstić information content (AvgIpc) is 2.97. The molecule has 3 heterocycles. The zero-order valence-electron chi connectivity index (χ0n) is 22.3. The van der Waals surface area contributed by atoms with Crippen molar-refractivity contribution in [1.29, 1.82) is 0 Å². The van der Waals surface area contributed by atoms with Crippen LogP contribution in [0.4, 0.5) is 0 Å². The highest BCUT2D eigenvalue weighted by Crippen LogP contribution is 2.22. The number of nitrogens with zero attached hydrogens (tertiary/aromatic N) is 2. The molecule has 1 aliphatic heterocycles. The average molecular weight is 553 g/mol. The van der Waals surface area contributed by atoms with Gasteiger partial charge in [0.05, 0.1) is 19.8 Å². The SMILES string of the molecule is C#Cc1cc(OCCC=C)cc(C#Cc2cccc(OCCCCCCO[C@@H]3O[C@H](CO)[C@@H](O)[C@H](O)[C@H]3O)n2)n1. The number of aromatic nitrogens is 2. The summed E-state index contributed by atoms with van der Waals surface area (Å²) in [6, 6.07) is 8.78. The van der Waals surface area contributed by atoms with Gasteiger partial charge in [-0.15, -0.1) is 13.0 Å². The third-order valence-electron chi connectivity index (χ3n) is 6.00. The van der Waals surface area contributed by atoms with Gasteiger partial charge in [-0.3, -0.25) is 0 Å². The summed E-state index contributed by atoms with van der Waals surface area (Å²) in [7, 11) is 0. The summed E-state index contributed by atoms with van der Waals surface area (Å²) in [5, 5.41) is 38.8. The molecule has 0 amide bonds. The van der Waals surface area contributed by atoms with E-state index in [1.165, 1.54) is 0 Å². The van der Waals surface area contributed by atoms with Gasteiger partial charge in [-0.2, -0.15) is 0 Å². The minimum atomic E-state index is -1.44. The van der Waals surface area contributed by atoms with Crippen molar-refractivity contribution in [3.05, 3.63) is 60.1 Å². The molecule has 1 fully saturated rings. The van der Waals surface area contributed by atoms with Crippen LogP contribution in [0, 0.1) is 24.2 Å². The van der Waals surface area contributed by atoms with E-state index < -0.39 is 37.3 Å². The lowest BCUT2D eigenvalue weighted by Gasteiger charge is -2.39. The van der Waals surface area contributed by atoms with Gasteiger partial charge in [0, 0.05) is 24.8 Å². The Hall–Kier alpha value is -3.48. The number of hydrogen-bond donors (Lipinski definition) is 4. The summed E-state index contributed by atoms with van der Waals surface area (Å²) in [6.07, 6.45) is 4.93. The number of hydrogen-bond acceptors (Lipinski definition) is 10. The highest BCUT2D eigenvalue weighted by molar-refractivity contribution is 5.43. The molecule has 1 aliphatic rings. The van der Waals surface area contributed by atoms with Crippen molar-refractivity contribution in [3.8, 4) is 35.8 Å². The fraction of sp³-hybridized carbons (Fsp3) is 0.467. The van der Waals surface area contributed by atoms with Crippen LogP contribution >= 0.6 is 0 Å². The van der Waals surface area contributed by atoms with Crippen LogP contribution in [0.3, 0.4) is 0 Å². The molecule has 3 rings (SSSR count). The van der Waals surface area contributed by atoms with E-state index in [2.05, 4.69) is 34.3 Å². The smallest absolute Gasteiger partial charge is 0.214 e. The highest BCUT2D eigenvalue weighted by atomic mass is 16.7. The molecule has 1 saturated heterocycles. The van der Waals surface area contributed by atoms with Gasteiger partial charge in [0.1, 0.15) is 47.2 Å². The maximum Gasteiger partial charge on any atom is 0.214 e. The second-order valence-corrected chi connectivity index (χ2v) is 9.09. The topological polar surface area (TPSA) is 144 Å². The zero-order chi connectivity index (χ0) is 28.7. The monoisotopic (exact) mass is 552 g/mol. The number of aliphatic hydroxyl groups excluding tert-OH is 4. The second-order valence-electron chi connectivity index (χ2n) is 9.09. The number of terminal acetylenes is 1. The van der Waals surface area contributed by atoms with Gasteiger partial charge in [0.2, 0.25) is 5.88 Å². The Bertz CT molecular complexity index is 1190. The van der Waals surface area contributed by atoms with Crippen LogP contribution in [0.25, 0.3) is 0 Å². The van der Waals surface area contributed by atoms with Gasteiger partial charge in [0.15, 0.2) is 6.29 Å². The first-order valence-electron chi connectivity index (χ1n) is 13.2. The molecule has 0 aliphatic carbocycles. The lowest BCUT2D eigenvalue weighted by atomic mass is 9.99. The van der Waals surface area contributed by atoms with E-state index in [-0.39, 0.29) is 0 Å². The standard InChI is InChI=1S/C30H36N2O8/c1-3-5-15-37-24-18-21(4-2)31-23(19-24)14-13-22-11-10-12-26(32-22)38-16-8-6-7-9-17-39-30-29(36)28(35)27(34)25(20-33)40-30/h2-3,10-12,18-19,25,27-30,33-36H,1,5-9,15-17,20H2/t25-,27-,28+,29-,30-/m1/s1. The van der Waals surface area contributed by atoms with Crippen molar-refractivity contribution < 1.29 is 39.4 Å². The normalized spacial score (nSPS) is 22.0. The third kappa shape index (κ3) is 9.61. The molecule has 0 saturated carbocycles. The Balaban J connectivity index is 1.38. The van der Waals surface area contributed by atoms with Gasteiger partial charge in [-0.1, -0.05) is 24.5 Å². The predicted molar refractivity (Wildman–Crippen MR) is 146 cm³/mol. The molecule has 10 nitrogen and oxygen atoms in total. The third-order valence-corrected chi connectivity index (χ3v) is 6.00. The van der Waals surface area contributed by atoms with Crippen LogP contribution in [0.2, 0.25) is 0 Å². The summed E-state index contributed by atoms with van der Waals surface area (Å²) < 4.78 is 22.3. The van der Waals surface area contributed by atoms with Gasteiger partial charge in [-0.25, -0.2) is 9.97 Å². The second kappa shape index (κ2) is 16.6. The van der Waals surface area contributed by atoms with E-state index >= 15 is 0 Å². The molecule has 0 spiro atoms. The van der Waals surface area contributed by atoms with Gasteiger partial charge < -0.3 is 39.4 Å². The number of rotatable bonds is 14. The predicted octanol–water partition coefficient (Wildman–Crippen LogP) is 1.57. The maximum absolute atomic E-state index is 9.99. The zero-order valence-corrected chi connectivity index (χ0v) is 22.3. The Morgan fingerprint density at radius 2 is 1.65 bits per heavy atom. The van der Waals surface area contributed by atoms with Crippen LogP contribution in [0.1, 0.15) is 49.2 Å². The molecular weight excluding hydrogens is 516 g/mol. The van der Waals surface area contributed by atoms with Crippen molar-refractivity contribution in [3.63, 3.8) is 0 Å². The largest absolute Gasteiger partial charge is 0.493 e. The fourth-order valence-electron chi connectivity index (χ4n) is 3.82. The minimum absolute atomic E-state index is 0.299. The molecule has 214 valence electrons. The van der Waals surface area contributed by atoms with Crippen LogP contribution in [-0.2, 0) is 9.47 Å². The first kappa shape index (κ1) is 31.1. The molecule has 4 N–H and O–H groups in total. The molecule has 5 atom stereocenters. The van der Waals surface area contributed by atoms with Crippen molar-refractivity contribution in [2.45, 2.75) is 62.8 Å². The highest BCUT2D eigenvalue weighted by Gasteiger charge is 2.43. The summed E-state index contributed by atoms with van der Waals surface area (Å²) in [5.41, 5.74) is 1.45. The summed E-state index contributed by atoms with van der Waals surface area (Å²) in [4.78, 5) is 8.75. The molecular formula is C30H36N2O8. The van der Waals surface area contributed by atoms with Crippen molar-refractivity contribution >= 4 is 0 Å². The van der Waals surface area contributed by atoms with E-state index in [9.17, 15) is 20.4 Å². The van der Waals surface area contributed by atoms with E-state index in [0.717, 1.165) is 19.3 Å². The van der Waals surface area contributed by atoms with E-state index in [4.69, 9.17) is 25.4 Å². The lowest BCUT2D eigenvalue weighted by molar-refractivity contribution is -0.301. The first-order valence-corrected chi connectivity index (χ1v) is 13.2. The summed E-state index contributed by atoms with van der Waals surface area (Å²) in [5.74, 6) is 9.54. The van der Waals surface area contributed by atoms with E-state index in [1.807, 2.05) is 6.07 Å². The molecule has 10 heteroatoms. The van der Waals surface area contributed by atoms with Gasteiger partial charge >= 0.3 is 0 Å². The number of unbranched alkanes of at least 4 members (excludes halogenated alkanes) is 3. The van der Waals surface area contributed by atoms with Gasteiger partial charge in [-0.05, 0) is 43.6 Å².